The van der Waals surface area contributed by atoms with E-state index in [0.29, 0.717) is 49.5 Å². The monoisotopic (exact) mass is 477 g/mol. The van der Waals surface area contributed by atoms with Crippen molar-refractivity contribution in [3.8, 4) is 0 Å². The minimum Gasteiger partial charge on any atom is -0.396 e. The number of amides is 3. The molecule has 3 aliphatic heterocycles. The van der Waals surface area contributed by atoms with Crippen molar-refractivity contribution in [2.75, 3.05) is 25.0 Å². The number of nitrogens with zero attached hydrogens (tertiary/aromatic N) is 1. The smallest absolute Gasteiger partial charge is 0.250 e. The largest absolute Gasteiger partial charge is 0.396 e. The van der Waals surface area contributed by atoms with Gasteiger partial charge in [0.05, 0.1) is 28.1 Å². The van der Waals surface area contributed by atoms with E-state index in [9.17, 15) is 19.5 Å². The van der Waals surface area contributed by atoms with Crippen LogP contribution in [0.4, 0.5) is 5.69 Å². The fourth-order valence-electron chi connectivity index (χ4n) is 5.88. The summed E-state index contributed by atoms with van der Waals surface area (Å²) in [6.07, 6.45) is 2.97. The first-order valence-electron chi connectivity index (χ1n) is 11.7. The summed E-state index contributed by atoms with van der Waals surface area (Å²) in [5, 5.41) is 15.4. The number of benzene rings is 1. The van der Waals surface area contributed by atoms with E-state index in [2.05, 4.69) is 10.6 Å². The maximum Gasteiger partial charge on any atom is 0.250 e. The van der Waals surface area contributed by atoms with Gasteiger partial charge in [-0.15, -0.1) is 0 Å². The lowest BCUT2D eigenvalue weighted by molar-refractivity contribution is -0.144. The zero-order valence-corrected chi connectivity index (χ0v) is 19.9. The second-order valence-corrected chi connectivity index (χ2v) is 9.86. The Labute approximate surface area is 199 Å². The quantitative estimate of drug-likeness (QED) is 0.473. The first-order valence-corrected chi connectivity index (χ1v) is 12.1. The number of rotatable bonds is 9. The molecule has 0 radical (unpaired) electrons. The van der Waals surface area contributed by atoms with Crippen molar-refractivity contribution >= 4 is 35.0 Å². The number of aliphatic hydroxyl groups excluding tert-OH is 1. The molecule has 1 aromatic rings. The Balaban J connectivity index is 1.69. The van der Waals surface area contributed by atoms with Crippen molar-refractivity contribution in [3.63, 3.8) is 0 Å². The molecule has 5 atom stereocenters. The number of hydrogen-bond acceptors (Lipinski definition) is 5. The summed E-state index contributed by atoms with van der Waals surface area (Å²) in [6, 6.07) is 6.06. The van der Waals surface area contributed by atoms with Gasteiger partial charge < -0.3 is 25.4 Å². The maximum atomic E-state index is 13.7. The summed E-state index contributed by atoms with van der Waals surface area (Å²) >= 11 is 6.26. The highest BCUT2D eigenvalue weighted by Crippen LogP contribution is 2.63. The molecule has 8 nitrogen and oxygen atoms in total. The summed E-state index contributed by atoms with van der Waals surface area (Å²) in [5.41, 5.74) is -1.40. The first-order chi connectivity index (χ1) is 15.8. The van der Waals surface area contributed by atoms with Gasteiger partial charge in [0.2, 0.25) is 17.7 Å². The van der Waals surface area contributed by atoms with Crippen LogP contribution in [-0.4, -0.2) is 64.7 Å². The van der Waals surface area contributed by atoms with Crippen molar-refractivity contribution in [1.29, 1.82) is 0 Å². The number of fused-ring (bicyclic) bond motifs is 1. The Bertz CT molecular complexity index is 942. The van der Waals surface area contributed by atoms with Gasteiger partial charge >= 0.3 is 0 Å². The lowest BCUT2D eigenvalue weighted by Gasteiger charge is -2.33. The molecule has 2 bridgehead atoms. The lowest BCUT2D eigenvalue weighted by atomic mass is 9.66. The molecule has 2 unspecified atom stereocenters. The predicted octanol–water partition coefficient (Wildman–Crippen LogP) is 2.34. The number of ether oxygens (including phenoxy) is 1. The molecule has 1 aromatic carbocycles. The van der Waals surface area contributed by atoms with Crippen LogP contribution in [-0.2, 0) is 19.1 Å². The van der Waals surface area contributed by atoms with Crippen LogP contribution >= 0.6 is 11.6 Å². The Hall–Kier alpha value is -2.16. The third kappa shape index (κ3) is 3.92. The molecule has 3 aliphatic rings. The second kappa shape index (κ2) is 9.24. The van der Waals surface area contributed by atoms with Crippen LogP contribution in [0.1, 0.15) is 46.0 Å². The molecule has 3 amide bonds. The molecule has 3 N–H and O–H groups in total. The normalized spacial score (nSPS) is 32.2. The average Bonchev–Trinajstić information content (AvgIpc) is 3.35. The highest BCUT2D eigenvalue weighted by atomic mass is 35.5. The number of nitrogens with one attached hydrogen (secondary N) is 2. The Kier molecular flexibility index (Phi) is 6.71. The Morgan fingerprint density at radius 2 is 2.00 bits per heavy atom. The molecule has 3 heterocycles. The van der Waals surface area contributed by atoms with Crippen LogP contribution < -0.4 is 10.6 Å². The van der Waals surface area contributed by atoms with E-state index in [4.69, 9.17) is 16.3 Å². The van der Waals surface area contributed by atoms with E-state index >= 15 is 0 Å². The van der Waals surface area contributed by atoms with E-state index in [0.717, 1.165) is 6.42 Å². The van der Waals surface area contributed by atoms with Crippen molar-refractivity contribution in [3.05, 3.63) is 29.3 Å². The number of hydrogen-bond donors (Lipinski definition) is 3. The summed E-state index contributed by atoms with van der Waals surface area (Å²) in [6.45, 7) is 4.68. The fourth-order valence-corrected chi connectivity index (χ4v) is 6.07. The third-order valence-electron chi connectivity index (χ3n) is 7.30. The van der Waals surface area contributed by atoms with Crippen LogP contribution in [0.5, 0.6) is 0 Å². The summed E-state index contributed by atoms with van der Waals surface area (Å²) in [4.78, 5) is 42.1. The number of carbonyl (C=O) groups excluding carboxylic acids is 3. The molecule has 180 valence electrons. The van der Waals surface area contributed by atoms with Gasteiger partial charge in [0, 0.05) is 19.7 Å². The lowest BCUT2D eigenvalue weighted by Crippen LogP contribution is -2.53. The molecule has 4 rings (SSSR count). The Morgan fingerprint density at radius 1 is 1.24 bits per heavy atom. The number of unbranched alkanes of at least 4 members (excludes halogenated alkanes) is 1. The molecule has 3 fully saturated rings. The van der Waals surface area contributed by atoms with Crippen molar-refractivity contribution in [2.24, 2.45) is 11.8 Å². The second-order valence-electron chi connectivity index (χ2n) is 9.45. The number of halogens is 1. The average molecular weight is 478 g/mol. The molecule has 33 heavy (non-hydrogen) atoms. The molecular formula is C24H32ClN3O5. The molecule has 0 aliphatic carbocycles. The maximum absolute atomic E-state index is 13.7. The molecule has 9 heteroatoms. The Morgan fingerprint density at radius 3 is 2.70 bits per heavy atom. The van der Waals surface area contributed by atoms with Crippen molar-refractivity contribution in [1.82, 2.24) is 10.2 Å². The molecule has 3 saturated heterocycles. The molecule has 0 aromatic heterocycles. The highest BCUT2D eigenvalue weighted by Gasteiger charge is 2.77. The number of aliphatic hydroxyl groups is 1. The van der Waals surface area contributed by atoms with Gasteiger partial charge in [-0.2, -0.15) is 0 Å². The summed E-state index contributed by atoms with van der Waals surface area (Å²) in [7, 11) is 0. The van der Waals surface area contributed by atoms with E-state index in [1.807, 2.05) is 13.8 Å². The van der Waals surface area contributed by atoms with Gasteiger partial charge in [-0.1, -0.05) is 30.7 Å². The van der Waals surface area contributed by atoms with E-state index < -0.39 is 29.1 Å². The van der Waals surface area contributed by atoms with E-state index in [1.165, 1.54) is 0 Å². The van der Waals surface area contributed by atoms with Crippen LogP contribution in [0.15, 0.2) is 24.3 Å². The number of carbonyl (C=O) groups is 3. The van der Waals surface area contributed by atoms with E-state index in [-0.39, 0.29) is 24.3 Å². The number of para-hydroxylation sites is 1. The SMILES string of the molecule is CCCNC(=O)[C@@H]1[C@H]2C(=O)N(CCCCO)C(C(=O)Nc3ccccc3Cl)C23CC[C@@]1(C)O3. The summed E-state index contributed by atoms with van der Waals surface area (Å²) in [5.74, 6) is -2.16. The minimum atomic E-state index is -1.06. The van der Waals surface area contributed by atoms with Gasteiger partial charge in [0.1, 0.15) is 11.6 Å². The third-order valence-corrected chi connectivity index (χ3v) is 7.63. The number of likely N-dealkylation sites (tertiary alicyclic amines) is 1. The van der Waals surface area contributed by atoms with Crippen LogP contribution in [0.3, 0.4) is 0 Å². The molecular weight excluding hydrogens is 446 g/mol. The zero-order valence-electron chi connectivity index (χ0n) is 19.1. The summed E-state index contributed by atoms with van der Waals surface area (Å²) < 4.78 is 6.53. The minimum absolute atomic E-state index is 0.00368. The van der Waals surface area contributed by atoms with Crippen LogP contribution in [0.25, 0.3) is 0 Å². The van der Waals surface area contributed by atoms with Gasteiger partial charge in [-0.25, -0.2) is 0 Å². The predicted molar refractivity (Wildman–Crippen MR) is 124 cm³/mol. The van der Waals surface area contributed by atoms with Gasteiger partial charge in [0.15, 0.2) is 0 Å². The van der Waals surface area contributed by atoms with Gasteiger partial charge in [0.25, 0.3) is 0 Å². The van der Waals surface area contributed by atoms with E-state index in [1.54, 1.807) is 29.2 Å². The highest BCUT2D eigenvalue weighted by molar-refractivity contribution is 6.33. The van der Waals surface area contributed by atoms with Crippen LogP contribution in [0, 0.1) is 11.8 Å². The van der Waals surface area contributed by atoms with Crippen molar-refractivity contribution < 1.29 is 24.2 Å². The van der Waals surface area contributed by atoms with Crippen molar-refractivity contribution in [2.45, 2.75) is 63.2 Å². The number of anilines is 1. The zero-order chi connectivity index (χ0) is 23.8. The first kappa shape index (κ1) is 24.0. The molecule has 1 spiro atoms. The molecule has 0 saturated carbocycles. The van der Waals surface area contributed by atoms with Gasteiger partial charge in [-0.05, 0) is 51.2 Å². The topological polar surface area (TPSA) is 108 Å². The standard InChI is InChI=1S/C24H32ClN3O5/c1-3-12-26-20(30)17-18-22(32)28(13-6-7-14-29)19(24(18)11-10-23(17,2)33-24)21(31)27-16-9-5-4-8-15(16)25/h4-5,8-9,17-19,29H,3,6-7,10-14H2,1-2H3,(H,26,30)(H,27,31)/t17-,18-,19?,23+,24?/m0/s1. The fraction of sp³-hybridized carbons (Fsp3) is 0.625. The van der Waals surface area contributed by atoms with Gasteiger partial charge in [-0.3, -0.25) is 14.4 Å². The van der Waals surface area contributed by atoms with Crippen LogP contribution in [0.2, 0.25) is 5.02 Å².